The Kier molecular flexibility index (Phi) is 6.23. The average molecular weight is 464 g/mol. The second-order valence-corrected chi connectivity index (χ2v) is 9.07. The molecule has 0 unspecified atom stereocenters. The standard InChI is InChI=1S/C30H29N3O2/c1-20(2)33-19-24(17-29(34)32-18-21-9-12-25(35-3)13-10-21)27-16-23(11-14-28(27)33)26-8-4-6-22-7-5-15-31-30(22)26/h4-16,19-20H,17-18H2,1-3H3,(H,32,34). The molecule has 0 radical (unpaired) electrons. The molecule has 176 valence electrons. The highest BCUT2D eigenvalue weighted by Gasteiger charge is 2.15. The van der Waals surface area contributed by atoms with Crippen LogP contribution >= 0.6 is 0 Å². The number of amides is 1. The second kappa shape index (κ2) is 9.63. The van der Waals surface area contributed by atoms with Gasteiger partial charge in [0.15, 0.2) is 0 Å². The number of nitrogens with zero attached hydrogens (tertiary/aromatic N) is 2. The monoisotopic (exact) mass is 463 g/mol. The van der Waals surface area contributed by atoms with Gasteiger partial charge in [0.25, 0.3) is 0 Å². The van der Waals surface area contributed by atoms with E-state index in [1.807, 2.05) is 36.5 Å². The predicted molar refractivity (Wildman–Crippen MR) is 142 cm³/mol. The minimum Gasteiger partial charge on any atom is -0.497 e. The molecule has 2 heterocycles. The molecular weight excluding hydrogens is 434 g/mol. The van der Waals surface area contributed by atoms with E-state index in [9.17, 15) is 4.79 Å². The van der Waals surface area contributed by atoms with Gasteiger partial charge >= 0.3 is 0 Å². The normalized spacial score (nSPS) is 11.3. The second-order valence-electron chi connectivity index (χ2n) is 9.07. The van der Waals surface area contributed by atoms with Crippen LogP contribution in [0.2, 0.25) is 0 Å². The molecule has 5 aromatic rings. The first-order valence-corrected chi connectivity index (χ1v) is 11.9. The van der Waals surface area contributed by atoms with Crippen LogP contribution in [0.25, 0.3) is 32.9 Å². The van der Waals surface area contributed by atoms with E-state index in [1.165, 1.54) is 0 Å². The topological polar surface area (TPSA) is 56.1 Å². The average Bonchev–Trinajstić information content (AvgIpc) is 3.25. The molecule has 0 atom stereocenters. The molecule has 5 rings (SSSR count). The number of aromatic nitrogens is 2. The third kappa shape index (κ3) is 4.62. The highest BCUT2D eigenvalue weighted by molar-refractivity contribution is 5.98. The zero-order chi connectivity index (χ0) is 24.4. The molecule has 0 aliphatic heterocycles. The Labute approximate surface area is 205 Å². The van der Waals surface area contributed by atoms with Gasteiger partial charge in [0, 0.05) is 46.8 Å². The lowest BCUT2D eigenvalue weighted by atomic mass is 9.99. The summed E-state index contributed by atoms with van der Waals surface area (Å²) in [6.07, 6.45) is 4.27. The number of rotatable bonds is 7. The number of para-hydroxylation sites is 1. The quantitative estimate of drug-likeness (QED) is 0.308. The van der Waals surface area contributed by atoms with E-state index < -0.39 is 0 Å². The Bertz CT molecular complexity index is 1490. The maximum Gasteiger partial charge on any atom is 0.224 e. The Morgan fingerprint density at radius 3 is 2.60 bits per heavy atom. The Morgan fingerprint density at radius 1 is 1.03 bits per heavy atom. The van der Waals surface area contributed by atoms with Gasteiger partial charge in [-0.1, -0.05) is 42.5 Å². The fourth-order valence-corrected chi connectivity index (χ4v) is 4.58. The smallest absolute Gasteiger partial charge is 0.224 e. The number of benzene rings is 3. The molecule has 0 aliphatic rings. The summed E-state index contributed by atoms with van der Waals surface area (Å²) < 4.78 is 7.45. The molecule has 35 heavy (non-hydrogen) atoms. The van der Waals surface area contributed by atoms with Gasteiger partial charge in [0.2, 0.25) is 5.91 Å². The van der Waals surface area contributed by atoms with Crippen LogP contribution in [0, 0.1) is 0 Å². The summed E-state index contributed by atoms with van der Waals surface area (Å²) in [4.78, 5) is 17.5. The van der Waals surface area contributed by atoms with Crippen molar-refractivity contribution in [2.45, 2.75) is 32.9 Å². The fraction of sp³-hybridized carbons (Fsp3) is 0.200. The number of carbonyl (C=O) groups is 1. The Hall–Kier alpha value is -4.12. The Morgan fingerprint density at radius 2 is 1.83 bits per heavy atom. The van der Waals surface area contributed by atoms with E-state index in [-0.39, 0.29) is 5.91 Å². The zero-order valence-corrected chi connectivity index (χ0v) is 20.3. The first-order valence-electron chi connectivity index (χ1n) is 11.9. The highest BCUT2D eigenvalue weighted by atomic mass is 16.5. The molecule has 2 aromatic heterocycles. The zero-order valence-electron chi connectivity index (χ0n) is 20.3. The largest absolute Gasteiger partial charge is 0.497 e. The molecule has 0 bridgehead atoms. The third-order valence-electron chi connectivity index (χ3n) is 6.42. The molecule has 5 heteroatoms. The maximum atomic E-state index is 12.9. The lowest BCUT2D eigenvalue weighted by Crippen LogP contribution is -2.24. The Balaban J connectivity index is 1.45. The number of pyridine rings is 1. The molecule has 0 fully saturated rings. The van der Waals surface area contributed by atoms with Gasteiger partial charge < -0.3 is 14.6 Å². The molecule has 1 N–H and O–H groups in total. The number of nitrogens with one attached hydrogen (secondary N) is 1. The molecule has 0 saturated carbocycles. The van der Waals surface area contributed by atoms with Crippen molar-refractivity contribution in [3.63, 3.8) is 0 Å². The molecule has 1 amide bonds. The lowest BCUT2D eigenvalue weighted by Gasteiger charge is -2.10. The van der Waals surface area contributed by atoms with Crippen molar-refractivity contribution in [2.24, 2.45) is 0 Å². The molecule has 0 saturated heterocycles. The first-order chi connectivity index (χ1) is 17.0. The summed E-state index contributed by atoms with van der Waals surface area (Å²) in [6, 6.07) is 24.8. The third-order valence-corrected chi connectivity index (χ3v) is 6.42. The van der Waals surface area contributed by atoms with Crippen molar-refractivity contribution in [2.75, 3.05) is 7.11 Å². The lowest BCUT2D eigenvalue weighted by molar-refractivity contribution is -0.120. The van der Waals surface area contributed by atoms with Gasteiger partial charge in [-0.25, -0.2) is 0 Å². The summed E-state index contributed by atoms with van der Waals surface area (Å²) in [6.45, 7) is 4.81. The van der Waals surface area contributed by atoms with Crippen LogP contribution < -0.4 is 10.1 Å². The SMILES string of the molecule is COc1ccc(CNC(=O)Cc2cn(C(C)C)c3ccc(-c4cccc5cccnc45)cc23)cc1. The number of hydrogen-bond acceptors (Lipinski definition) is 3. The predicted octanol–water partition coefficient (Wildman–Crippen LogP) is 6.30. The van der Waals surface area contributed by atoms with E-state index in [2.05, 4.69) is 77.4 Å². The first kappa shape index (κ1) is 22.7. The van der Waals surface area contributed by atoms with Gasteiger partial charge in [-0.3, -0.25) is 9.78 Å². The summed E-state index contributed by atoms with van der Waals surface area (Å²) in [5.41, 5.74) is 6.37. The molecule has 0 aliphatic carbocycles. The van der Waals surface area contributed by atoms with Crippen LogP contribution in [-0.2, 0) is 17.8 Å². The maximum absolute atomic E-state index is 12.9. The van der Waals surface area contributed by atoms with Crippen LogP contribution in [-0.4, -0.2) is 22.6 Å². The van der Waals surface area contributed by atoms with Crippen LogP contribution in [0.5, 0.6) is 5.75 Å². The summed E-state index contributed by atoms with van der Waals surface area (Å²) >= 11 is 0. The van der Waals surface area contributed by atoms with Crippen LogP contribution in [0.15, 0.2) is 85.2 Å². The van der Waals surface area contributed by atoms with Crippen molar-refractivity contribution >= 4 is 27.7 Å². The van der Waals surface area contributed by atoms with E-state index in [1.54, 1.807) is 7.11 Å². The van der Waals surface area contributed by atoms with Gasteiger partial charge in [-0.05, 0) is 60.9 Å². The minimum atomic E-state index is 0.000791. The number of hydrogen-bond donors (Lipinski definition) is 1. The van der Waals surface area contributed by atoms with Gasteiger partial charge in [0.1, 0.15) is 5.75 Å². The van der Waals surface area contributed by atoms with E-state index >= 15 is 0 Å². The van der Waals surface area contributed by atoms with E-state index in [0.29, 0.717) is 19.0 Å². The van der Waals surface area contributed by atoms with Gasteiger partial charge in [0.05, 0.1) is 19.0 Å². The fourth-order valence-electron chi connectivity index (χ4n) is 4.58. The van der Waals surface area contributed by atoms with Crippen molar-refractivity contribution < 1.29 is 9.53 Å². The van der Waals surface area contributed by atoms with E-state index in [4.69, 9.17) is 4.74 Å². The molecule has 3 aromatic carbocycles. The summed E-state index contributed by atoms with van der Waals surface area (Å²) in [5, 5.41) is 5.27. The highest BCUT2D eigenvalue weighted by Crippen LogP contribution is 2.33. The number of fused-ring (bicyclic) bond motifs is 2. The van der Waals surface area contributed by atoms with Crippen molar-refractivity contribution in [1.29, 1.82) is 0 Å². The van der Waals surface area contributed by atoms with Gasteiger partial charge in [-0.2, -0.15) is 0 Å². The van der Waals surface area contributed by atoms with Gasteiger partial charge in [-0.15, -0.1) is 0 Å². The van der Waals surface area contributed by atoms with Crippen molar-refractivity contribution in [1.82, 2.24) is 14.9 Å². The van der Waals surface area contributed by atoms with E-state index in [0.717, 1.165) is 49.8 Å². The van der Waals surface area contributed by atoms with Crippen molar-refractivity contribution in [3.05, 3.63) is 96.3 Å². The molecular formula is C30H29N3O2. The summed E-state index contributed by atoms with van der Waals surface area (Å²) in [5.74, 6) is 0.805. The van der Waals surface area contributed by atoms with Crippen molar-refractivity contribution in [3.8, 4) is 16.9 Å². The van der Waals surface area contributed by atoms with Crippen LogP contribution in [0.1, 0.15) is 31.0 Å². The number of ether oxygens (including phenoxy) is 1. The number of methoxy groups -OCH3 is 1. The van der Waals surface area contributed by atoms with Crippen LogP contribution in [0.4, 0.5) is 0 Å². The summed E-state index contributed by atoms with van der Waals surface area (Å²) in [7, 11) is 1.65. The molecule has 0 spiro atoms. The minimum absolute atomic E-state index is 0.000791. The molecule has 5 nitrogen and oxygen atoms in total. The number of carbonyl (C=O) groups excluding carboxylic acids is 1. The van der Waals surface area contributed by atoms with Crippen LogP contribution in [0.3, 0.4) is 0 Å².